The zero-order chi connectivity index (χ0) is 20.2. The van der Waals surface area contributed by atoms with Crippen LogP contribution in [0.15, 0.2) is 72.9 Å². The first-order valence-electron chi connectivity index (χ1n) is 9.58. The summed E-state index contributed by atoms with van der Waals surface area (Å²) >= 11 is 5.13. The van der Waals surface area contributed by atoms with Crippen molar-refractivity contribution in [2.45, 2.75) is 18.3 Å². The van der Waals surface area contributed by atoms with Gasteiger partial charge in [0.25, 0.3) is 0 Å². The summed E-state index contributed by atoms with van der Waals surface area (Å²) in [7, 11) is 0.247. The number of aromatic amines is 1. The van der Waals surface area contributed by atoms with Gasteiger partial charge >= 0.3 is 0 Å². The van der Waals surface area contributed by atoms with Crippen LogP contribution in [0, 0.1) is 0 Å². The molecule has 0 aliphatic carbocycles. The summed E-state index contributed by atoms with van der Waals surface area (Å²) in [5.74, 6) is 0. The Morgan fingerprint density at radius 3 is 2.46 bits per heavy atom. The summed E-state index contributed by atoms with van der Waals surface area (Å²) in [6.45, 7) is 7.30. The fraction of sp³-hybridized carbons (Fsp3) is 0.304. The molecule has 0 spiro atoms. The first-order chi connectivity index (χ1) is 13.3. The second-order valence-electron chi connectivity index (χ2n) is 7.55. The average molecular weight is 414 g/mol. The van der Waals surface area contributed by atoms with Crippen LogP contribution in [-0.2, 0) is 9.46 Å². The van der Waals surface area contributed by atoms with Gasteiger partial charge in [-0.3, -0.25) is 0 Å². The van der Waals surface area contributed by atoms with Crippen molar-refractivity contribution < 1.29 is 4.52 Å². The van der Waals surface area contributed by atoms with Gasteiger partial charge in [0.05, 0.1) is 19.0 Å². The Labute approximate surface area is 174 Å². The zero-order valence-electron chi connectivity index (χ0n) is 17.1. The molecule has 0 aliphatic heterocycles. The van der Waals surface area contributed by atoms with Crippen LogP contribution in [-0.4, -0.2) is 36.8 Å². The van der Waals surface area contributed by atoms with Crippen LogP contribution in [0.1, 0.15) is 19.0 Å². The van der Waals surface area contributed by atoms with E-state index in [1.807, 2.05) is 25.1 Å². The number of allylic oxidation sites excluding steroid dienone is 1. The number of fused-ring (bicyclic) bond motifs is 1. The van der Waals surface area contributed by atoms with Crippen LogP contribution in [0.2, 0.25) is 0 Å². The molecule has 1 aromatic heterocycles. The molecule has 1 unspecified atom stereocenters. The van der Waals surface area contributed by atoms with Crippen molar-refractivity contribution in [2.24, 2.45) is 0 Å². The Bertz CT molecular complexity index is 905. The Morgan fingerprint density at radius 2 is 1.79 bits per heavy atom. The van der Waals surface area contributed by atoms with Gasteiger partial charge in [0, 0.05) is 25.5 Å². The van der Waals surface area contributed by atoms with Crippen molar-refractivity contribution in [3.63, 3.8) is 0 Å². The summed E-state index contributed by atoms with van der Waals surface area (Å²) in [6, 6.07) is 21.0. The Balaban J connectivity index is 1.96. The lowest BCUT2D eigenvalue weighted by Crippen LogP contribution is -2.30. The fourth-order valence-corrected chi connectivity index (χ4v) is 6.16. The molecule has 0 radical (unpaired) electrons. The number of H-pyrrole nitrogens is 1. The predicted octanol–water partition coefficient (Wildman–Crippen LogP) is 5.64. The zero-order valence-corrected chi connectivity index (χ0v) is 18.9. The number of hydrogen-bond donors (Lipinski definition) is 2. The molecule has 1 N–H and O–H groups in total. The lowest BCUT2D eigenvalue weighted by molar-refractivity contribution is 0.161. The minimum absolute atomic E-state index is 0.706. The van der Waals surface area contributed by atoms with Crippen molar-refractivity contribution in [3.05, 3.63) is 78.6 Å². The lowest BCUT2D eigenvalue weighted by atomic mass is 10.1. The number of aromatic nitrogens is 1. The van der Waals surface area contributed by atoms with Crippen LogP contribution in [0.5, 0.6) is 0 Å². The van der Waals surface area contributed by atoms with E-state index in [0.29, 0.717) is 0 Å². The molecule has 3 rings (SSSR count). The summed E-state index contributed by atoms with van der Waals surface area (Å²) in [5.41, 5.74) is 2.12. The third kappa shape index (κ3) is 4.81. The van der Waals surface area contributed by atoms with Gasteiger partial charge in [-0.05, 0) is 42.8 Å². The fourth-order valence-electron chi connectivity index (χ4n) is 3.39. The summed E-state index contributed by atoms with van der Waals surface area (Å²) in [5, 5.41) is 2.42. The summed E-state index contributed by atoms with van der Waals surface area (Å²) < 4.78 is 6.85. The maximum absolute atomic E-state index is 6.85. The quantitative estimate of drug-likeness (QED) is 0.284. The molecule has 0 amide bonds. The van der Waals surface area contributed by atoms with Crippen molar-refractivity contribution in [2.75, 3.05) is 26.9 Å². The highest BCUT2D eigenvalue weighted by atomic mass is 32.1. The van der Waals surface area contributed by atoms with Crippen molar-refractivity contribution >= 4 is 36.3 Å². The third-order valence-corrected chi connectivity index (χ3v) is 7.92. The molecule has 0 saturated carbocycles. The molecule has 148 valence electrons. The highest BCUT2D eigenvalue weighted by Crippen LogP contribution is 2.58. The highest BCUT2D eigenvalue weighted by molar-refractivity contribution is 7.82. The maximum Gasteiger partial charge on any atom is 0.196 e. The van der Waals surface area contributed by atoms with E-state index in [2.05, 4.69) is 85.0 Å². The smallest absolute Gasteiger partial charge is 0.196 e. The van der Waals surface area contributed by atoms with Gasteiger partial charge in [0.15, 0.2) is 12.4 Å². The van der Waals surface area contributed by atoms with Gasteiger partial charge in [-0.25, -0.2) is 4.52 Å². The number of thiol groups is 1. The molecule has 0 bridgehead atoms. The molecule has 3 nitrogen and oxygen atoms in total. The molecule has 5 heteroatoms. The highest BCUT2D eigenvalue weighted by Gasteiger charge is 2.44. The van der Waals surface area contributed by atoms with E-state index >= 15 is 0 Å². The predicted molar refractivity (Wildman–Crippen MR) is 127 cm³/mol. The molecule has 3 aromatic rings. The summed E-state index contributed by atoms with van der Waals surface area (Å²) in [4.78, 5) is 5.01. The second kappa shape index (κ2) is 8.73. The van der Waals surface area contributed by atoms with Crippen molar-refractivity contribution in [1.29, 1.82) is 0 Å². The average Bonchev–Trinajstić information content (AvgIpc) is 3.12. The number of nitrogens with one attached hydrogen (secondary N) is 1. The van der Waals surface area contributed by atoms with Crippen molar-refractivity contribution in [1.82, 2.24) is 9.88 Å². The Morgan fingerprint density at radius 1 is 1.11 bits per heavy atom. The minimum Gasteiger partial charge on any atom is -0.381 e. The van der Waals surface area contributed by atoms with Crippen LogP contribution in [0.3, 0.4) is 0 Å². The standard InChI is InChI=1S/C23H29N2OPS/c1-5-16-25(2)17-15-23(28,22-18-19-11-9-10-14-21(19)24-22)26-27(3,4)20-12-7-6-8-13-20/h5-14,16,18,24H,15,17H2,1-4H3/p+1. The minimum atomic E-state index is -1.83. The van der Waals surface area contributed by atoms with E-state index in [9.17, 15) is 0 Å². The number of benzene rings is 2. The molecule has 1 heterocycles. The monoisotopic (exact) mass is 413 g/mol. The van der Waals surface area contributed by atoms with Gasteiger partial charge in [-0.1, -0.05) is 42.5 Å². The molecule has 1 atom stereocenters. The van der Waals surface area contributed by atoms with Gasteiger partial charge < -0.3 is 9.88 Å². The van der Waals surface area contributed by atoms with E-state index in [1.165, 1.54) is 10.7 Å². The van der Waals surface area contributed by atoms with E-state index in [-0.39, 0.29) is 0 Å². The maximum atomic E-state index is 6.85. The summed E-state index contributed by atoms with van der Waals surface area (Å²) in [6.07, 6.45) is 4.89. The molecule has 0 fully saturated rings. The van der Waals surface area contributed by atoms with E-state index in [4.69, 9.17) is 17.2 Å². The van der Waals surface area contributed by atoms with E-state index < -0.39 is 12.4 Å². The van der Waals surface area contributed by atoms with Gasteiger partial charge in [0.1, 0.15) is 5.30 Å². The van der Waals surface area contributed by atoms with Gasteiger partial charge in [-0.2, -0.15) is 0 Å². The van der Waals surface area contributed by atoms with E-state index in [1.54, 1.807) is 0 Å². The lowest BCUT2D eigenvalue weighted by Gasteiger charge is -2.32. The number of hydrogen-bond acceptors (Lipinski definition) is 3. The number of nitrogens with zero attached hydrogens (tertiary/aromatic N) is 1. The van der Waals surface area contributed by atoms with Crippen molar-refractivity contribution in [3.8, 4) is 0 Å². The Hall–Kier alpha value is -1.74. The van der Waals surface area contributed by atoms with Crippen LogP contribution in [0.4, 0.5) is 0 Å². The topological polar surface area (TPSA) is 28.3 Å². The second-order valence-corrected chi connectivity index (χ2v) is 11.7. The first kappa shape index (κ1) is 21.0. The normalized spacial score (nSPS) is 14.5. The molecular formula is C23H30N2OPS+. The van der Waals surface area contributed by atoms with Gasteiger partial charge in [-0.15, -0.1) is 12.6 Å². The SMILES string of the molecule is CC=CN(C)CCC(S)(O[P+](C)(C)c1ccccc1)c1cc2ccccc2[nH]1. The van der Waals surface area contributed by atoms with Gasteiger partial charge in [0.2, 0.25) is 0 Å². The van der Waals surface area contributed by atoms with Crippen LogP contribution < -0.4 is 5.30 Å². The van der Waals surface area contributed by atoms with Crippen LogP contribution >= 0.6 is 20.1 Å². The molecule has 0 aliphatic rings. The number of rotatable bonds is 8. The third-order valence-electron chi connectivity index (χ3n) is 4.91. The van der Waals surface area contributed by atoms with Crippen LogP contribution in [0.25, 0.3) is 10.9 Å². The molecule has 2 aromatic carbocycles. The van der Waals surface area contributed by atoms with E-state index in [0.717, 1.165) is 24.2 Å². The number of para-hydroxylation sites is 1. The Kier molecular flexibility index (Phi) is 6.54. The molecule has 0 saturated heterocycles. The molecular weight excluding hydrogens is 383 g/mol. The first-order valence-corrected chi connectivity index (χ1v) is 12.6. The molecule has 28 heavy (non-hydrogen) atoms. The largest absolute Gasteiger partial charge is 0.381 e.